The molecule has 0 amide bonds. The number of thiocarbonyl (C=S) groups is 1. The highest BCUT2D eigenvalue weighted by Gasteiger charge is 2.05. The standard InChI is InChI=1S/C16H34S3/c1-3-5-6-7-8-9-10-11-12-13-15-19(14-4-2)16(17)18/h19H,3-15H2,1-2H3,(H,17,18). The van der Waals surface area contributed by atoms with Crippen molar-refractivity contribution in [3.63, 3.8) is 0 Å². The van der Waals surface area contributed by atoms with Crippen molar-refractivity contribution in [2.45, 2.75) is 84.5 Å². The average Bonchev–Trinajstić information content (AvgIpc) is 2.39. The molecule has 1 atom stereocenters. The Bertz CT molecular complexity index is 204. The lowest BCUT2D eigenvalue weighted by Crippen LogP contribution is -1.99. The summed E-state index contributed by atoms with van der Waals surface area (Å²) in [5, 5.41) is 0. The van der Waals surface area contributed by atoms with E-state index >= 15 is 0 Å². The van der Waals surface area contributed by atoms with Gasteiger partial charge in [-0.15, -0.1) is 12.6 Å². The molecular formula is C16H34S3. The first-order valence-electron chi connectivity index (χ1n) is 8.20. The first-order valence-corrected chi connectivity index (χ1v) is 10.8. The van der Waals surface area contributed by atoms with Gasteiger partial charge in [-0.05, 0) is 24.3 Å². The van der Waals surface area contributed by atoms with Crippen LogP contribution >= 0.6 is 35.7 Å². The van der Waals surface area contributed by atoms with Crippen LogP contribution in [-0.2, 0) is 0 Å². The molecule has 0 fully saturated rings. The van der Waals surface area contributed by atoms with Gasteiger partial charge in [0.05, 0.1) is 3.53 Å². The molecule has 1 unspecified atom stereocenters. The van der Waals surface area contributed by atoms with E-state index in [2.05, 4.69) is 26.5 Å². The molecule has 19 heavy (non-hydrogen) atoms. The highest BCUT2D eigenvalue weighted by Crippen LogP contribution is 2.31. The maximum absolute atomic E-state index is 5.25. The zero-order valence-electron chi connectivity index (χ0n) is 13.0. The summed E-state index contributed by atoms with van der Waals surface area (Å²) in [5.41, 5.74) is 0. The number of hydrogen-bond donors (Lipinski definition) is 2. The van der Waals surface area contributed by atoms with Crippen molar-refractivity contribution in [1.29, 1.82) is 0 Å². The predicted molar refractivity (Wildman–Crippen MR) is 102 cm³/mol. The van der Waals surface area contributed by atoms with Crippen LogP contribution in [0.3, 0.4) is 0 Å². The molecule has 0 aliphatic rings. The molecule has 116 valence electrons. The Kier molecular flexibility index (Phi) is 15.8. The Morgan fingerprint density at radius 1 is 0.737 bits per heavy atom. The van der Waals surface area contributed by atoms with Gasteiger partial charge in [-0.2, -0.15) is 0 Å². The second-order valence-corrected chi connectivity index (χ2v) is 9.69. The number of rotatable bonds is 13. The molecule has 0 rings (SSSR count). The van der Waals surface area contributed by atoms with Gasteiger partial charge in [0.2, 0.25) is 0 Å². The van der Waals surface area contributed by atoms with E-state index in [-0.39, 0.29) is 10.9 Å². The Balaban J connectivity index is 3.27. The average molecular weight is 323 g/mol. The van der Waals surface area contributed by atoms with E-state index < -0.39 is 0 Å². The van der Waals surface area contributed by atoms with Gasteiger partial charge < -0.3 is 0 Å². The van der Waals surface area contributed by atoms with Crippen LogP contribution in [0.25, 0.3) is 0 Å². The number of hydrogen-bond acceptors (Lipinski definition) is 1. The lowest BCUT2D eigenvalue weighted by molar-refractivity contribution is 0.563. The van der Waals surface area contributed by atoms with Gasteiger partial charge in [0, 0.05) is 0 Å². The SMILES string of the molecule is CCCCCCCCCCCC[SH](CCC)C(=S)S. The molecule has 0 aromatic heterocycles. The Hall–Kier alpha value is 0.790. The third kappa shape index (κ3) is 13.5. The Morgan fingerprint density at radius 3 is 1.63 bits per heavy atom. The van der Waals surface area contributed by atoms with Gasteiger partial charge in [0.25, 0.3) is 0 Å². The summed E-state index contributed by atoms with van der Waals surface area (Å²) in [6.07, 6.45) is 15.4. The minimum absolute atomic E-state index is 0.0586. The van der Waals surface area contributed by atoms with Crippen molar-refractivity contribution in [1.82, 2.24) is 0 Å². The molecule has 0 aromatic rings. The zero-order valence-corrected chi connectivity index (χ0v) is 15.6. The van der Waals surface area contributed by atoms with Gasteiger partial charge in [0.15, 0.2) is 0 Å². The normalized spacial score (nSPS) is 13.5. The summed E-state index contributed by atoms with van der Waals surface area (Å²) < 4.78 is 0.993. The largest absolute Gasteiger partial charge is 0.211 e. The molecule has 3 heteroatoms. The van der Waals surface area contributed by atoms with Crippen molar-refractivity contribution >= 4 is 39.3 Å². The van der Waals surface area contributed by atoms with E-state index in [4.69, 9.17) is 12.2 Å². The summed E-state index contributed by atoms with van der Waals surface area (Å²) in [4.78, 5) is 0. The maximum atomic E-state index is 5.25. The van der Waals surface area contributed by atoms with Crippen LogP contribution in [0.1, 0.15) is 84.5 Å². The van der Waals surface area contributed by atoms with E-state index in [1.807, 2.05) is 0 Å². The van der Waals surface area contributed by atoms with Gasteiger partial charge >= 0.3 is 0 Å². The molecule has 0 heterocycles. The van der Waals surface area contributed by atoms with Gasteiger partial charge in [-0.3, -0.25) is 0 Å². The topological polar surface area (TPSA) is 0 Å². The fourth-order valence-corrected chi connectivity index (χ4v) is 5.26. The molecule has 0 spiro atoms. The van der Waals surface area contributed by atoms with Crippen molar-refractivity contribution < 1.29 is 0 Å². The summed E-state index contributed by atoms with van der Waals surface area (Å²) >= 11 is 9.63. The summed E-state index contributed by atoms with van der Waals surface area (Å²) in [6.45, 7) is 4.53. The number of thiol groups is 2. The highest BCUT2D eigenvalue weighted by molar-refractivity contribution is 8.50. The van der Waals surface area contributed by atoms with E-state index in [1.165, 1.54) is 82.1 Å². The third-order valence-electron chi connectivity index (χ3n) is 3.55. The van der Waals surface area contributed by atoms with Crippen LogP contribution in [0.4, 0.5) is 0 Å². The zero-order chi connectivity index (χ0) is 14.3. The fourth-order valence-electron chi connectivity index (χ4n) is 2.36. The first-order chi connectivity index (χ1) is 9.22. The highest BCUT2D eigenvalue weighted by atomic mass is 32.3. The second-order valence-electron chi connectivity index (χ2n) is 5.45. The molecule has 0 radical (unpaired) electrons. The molecule has 0 nitrogen and oxygen atoms in total. The van der Waals surface area contributed by atoms with Crippen molar-refractivity contribution in [3.05, 3.63) is 0 Å². The summed E-state index contributed by atoms with van der Waals surface area (Å²) in [7, 11) is -0.0586. The summed E-state index contributed by atoms with van der Waals surface area (Å²) in [6, 6.07) is 0. The van der Waals surface area contributed by atoms with Crippen molar-refractivity contribution in [2.24, 2.45) is 0 Å². The maximum Gasteiger partial charge on any atom is 0.0811 e. The van der Waals surface area contributed by atoms with Gasteiger partial charge in [-0.25, -0.2) is 10.9 Å². The molecule has 0 aliphatic heterocycles. The van der Waals surface area contributed by atoms with Gasteiger partial charge in [0.1, 0.15) is 0 Å². The quantitative estimate of drug-likeness (QED) is 0.221. The van der Waals surface area contributed by atoms with Crippen LogP contribution in [-0.4, -0.2) is 15.0 Å². The lowest BCUT2D eigenvalue weighted by Gasteiger charge is -2.18. The van der Waals surface area contributed by atoms with E-state index in [0.717, 1.165) is 3.53 Å². The van der Waals surface area contributed by atoms with E-state index in [1.54, 1.807) is 0 Å². The fraction of sp³-hybridized carbons (Fsp3) is 0.938. The molecule has 0 saturated carbocycles. The first kappa shape index (κ1) is 19.8. The van der Waals surface area contributed by atoms with Crippen LogP contribution in [0.2, 0.25) is 0 Å². The molecule has 0 N–H and O–H groups in total. The molecule has 0 aliphatic carbocycles. The predicted octanol–water partition coefficient (Wildman–Crippen LogP) is 6.53. The second kappa shape index (κ2) is 15.2. The van der Waals surface area contributed by atoms with Crippen LogP contribution in [0.5, 0.6) is 0 Å². The molecular weight excluding hydrogens is 288 g/mol. The van der Waals surface area contributed by atoms with E-state index in [9.17, 15) is 0 Å². The van der Waals surface area contributed by atoms with Crippen LogP contribution in [0, 0.1) is 0 Å². The Morgan fingerprint density at radius 2 is 1.21 bits per heavy atom. The third-order valence-corrected chi connectivity index (χ3v) is 7.55. The smallest absolute Gasteiger partial charge is 0.0811 e. The molecule has 0 bridgehead atoms. The van der Waals surface area contributed by atoms with Gasteiger partial charge in [-0.1, -0.05) is 83.9 Å². The van der Waals surface area contributed by atoms with Crippen molar-refractivity contribution in [3.8, 4) is 0 Å². The minimum Gasteiger partial charge on any atom is -0.211 e. The van der Waals surface area contributed by atoms with Crippen molar-refractivity contribution in [2.75, 3.05) is 11.5 Å². The Labute approximate surface area is 135 Å². The summed E-state index contributed by atoms with van der Waals surface area (Å²) in [5.74, 6) is 2.61. The van der Waals surface area contributed by atoms with Crippen LogP contribution < -0.4 is 0 Å². The van der Waals surface area contributed by atoms with Crippen LogP contribution in [0.15, 0.2) is 0 Å². The lowest BCUT2D eigenvalue weighted by atomic mass is 10.1. The minimum atomic E-state index is -0.0586. The van der Waals surface area contributed by atoms with E-state index in [0.29, 0.717) is 0 Å². The monoisotopic (exact) mass is 322 g/mol. The number of unbranched alkanes of at least 4 members (excludes halogenated alkanes) is 9. The molecule has 0 saturated heterocycles. The molecule has 0 aromatic carbocycles.